The first-order valence-corrected chi connectivity index (χ1v) is 21.3. The van der Waals surface area contributed by atoms with E-state index in [-0.39, 0.29) is 34.3 Å². The minimum atomic E-state index is -1.61. The fourth-order valence-corrected chi connectivity index (χ4v) is 9.42. The van der Waals surface area contributed by atoms with E-state index in [4.69, 9.17) is 14.8 Å². The molecule has 11 nitrogen and oxygen atoms in total. The molecule has 3 aromatic heterocycles. The Kier molecular flexibility index (Phi) is 9.50. The number of rotatable bonds is 8. The smallest absolute Gasteiger partial charge is 0.376 e. The van der Waals surface area contributed by atoms with Crippen LogP contribution in [0.3, 0.4) is 0 Å². The van der Waals surface area contributed by atoms with Crippen LogP contribution in [0.5, 0.6) is 0 Å². The number of H-pyrrole nitrogens is 2. The molecule has 0 aliphatic carbocycles. The summed E-state index contributed by atoms with van der Waals surface area (Å²) in [6.45, 7) is 1.78. The van der Waals surface area contributed by atoms with Gasteiger partial charge in [0.15, 0.2) is 5.54 Å². The van der Waals surface area contributed by atoms with Crippen LogP contribution < -0.4 is 15.7 Å². The standard InChI is InChI=1S/C54H39N7O4/c1-2-65-53(62)52-58-60(39-26-16-7-17-27-39)54(38-24-14-6-15-25-38)46-33-32-45(57-46)49(37-22-12-5-13-23-37)44-31-30-43(56-44)48(36-20-10-4-11-21-36)42-29-28-41(55-42)47(35-18-8-3-9-19-35)40-34-59(52)51(54)50(40)61(63)64/h3-34,55,57H,2H2,1H3/b47-41-,48-42-,49-44-. The van der Waals surface area contributed by atoms with Crippen molar-refractivity contribution in [1.82, 2.24) is 14.5 Å². The molecule has 65 heavy (non-hydrogen) atoms. The van der Waals surface area contributed by atoms with Crippen molar-refractivity contribution in [3.63, 3.8) is 0 Å². The van der Waals surface area contributed by atoms with Crippen molar-refractivity contribution in [2.45, 2.75) is 12.5 Å². The molecule has 0 saturated heterocycles. The van der Waals surface area contributed by atoms with E-state index in [1.165, 1.54) is 0 Å². The lowest BCUT2D eigenvalue weighted by atomic mass is 9.80. The van der Waals surface area contributed by atoms with Crippen LogP contribution in [0.2, 0.25) is 0 Å². The number of aromatic amines is 2. The second-order valence-electron chi connectivity index (χ2n) is 15.7. The van der Waals surface area contributed by atoms with Gasteiger partial charge < -0.3 is 14.7 Å². The number of nitrogens with one attached hydrogen (secondary N) is 2. The number of ether oxygens (including phenoxy) is 1. The minimum absolute atomic E-state index is 0.0564. The Balaban J connectivity index is 1.39. The highest BCUT2D eigenvalue weighted by atomic mass is 16.6. The zero-order valence-electron chi connectivity index (χ0n) is 35.1. The lowest BCUT2D eigenvalue weighted by Gasteiger charge is -2.44. The van der Waals surface area contributed by atoms with E-state index in [0.717, 1.165) is 39.0 Å². The predicted molar refractivity (Wildman–Crippen MR) is 253 cm³/mol. The number of nitro groups is 1. The Labute approximate surface area is 373 Å². The molecule has 0 saturated carbocycles. The van der Waals surface area contributed by atoms with Crippen molar-refractivity contribution in [2.24, 2.45) is 10.1 Å². The maximum atomic E-state index is 14.4. The predicted octanol–water partition coefficient (Wildman–Crippen LogP) is 8.82. The first kappa shape index (κ1) is 39.0. The van der Waals surface area contributed by atoms with E-state index < -0.39 is 11.5 Å². The molecule has 11 rings (SSSR count). The van der Waals surface area contributed by atoms with Crippen molar-refractivity contribution < 1.29 is 14.5 Å². The Hall–Kier alpha value is -8.83. The molecule has 0 amide bonds. The third kappa shape index (κ3) is 6.31. The van der Waals surface area contributed by atoms with E-state index in [2.05, 4.69) is 9.97 Å². The van der Waals surface area contributed by atoms with Gasteiger partial charge in [-0.1, -0.05) is 140 Å². The third-order valence-electron chi connectivity index (χ3n) is 12.1. The van der Waals surface area contributed by atoms with Gasteiger partial charge in [-0.15, -0.1) is 5.10 Å². The van der Waals surface area contributed by atoms with E-state index in [0.29, 0.717) is 39.1 Å². The van der Waals surface area contributed by atoms with Crippen molar-refractivity contribution in [1.29, 1.82) is 0 Å². The van der Waals surface area contributed by atoms with E-state index >= 15 is 0 Å². The fraction of sp³-hybridized carbons (Fsp3) is 0.0556. The van der Waals surface area contributed by atoms with Gasteiger partial charge in [0.1, 0.15) is 5.69 Å². The molecule has 8 bridgehead atoms. The highest BCUT2D eigenvalue weighted by Gasteiger charge is 2.56. The minimum Gasteiger partial charge on any atom is -0.460 e. The van der Waals surface area contributed by atoms with Crippen LogP contribution in [-0.4, -0.2) is 43.6 Å². The van der Waals surface area contributed by atoms with Gasteiger partial charge in [-0.3, -0.25) is 14.7 Å². The van der Waals surface area contributed by atoms with Gasteiger partial charge in [-0.2, -0.15) is 0 Å². The molecular formula is C54H39N7O4. The van der Waals surface area contributed by atoms with Crippen LogP contribution in [0.4, 0.5) is 11.4 Å². The highest BCUT2D eigenvalue weighted by Crippen LogP contribution is 2.52. The zero-order valence-corrected chi connectivity index (χ0v) is 35.1. The summed E-state index contributed by atoms with van der Waals surface area (Å²) in [5, 5.41) is 22.7. The van der Waals surface area contributed by atoms with E-state index in [1.54, 1.807) is 22.7 Å². The number of esters is 1. The molecule has 3 aliphatic rings. The van der Waals surface area contributed by atoms with Crippen LogP contribution in [0, 0.1) is 10.1 Å². The summed E-state index contributed by atoms with van der Waals surface area (Å²) in [5.74, 6) is -0.880. The molecule has 6 heterocycles. The molecule has 11 heteroatoms. The second-order valence-corrected chi connectivity index (χ2v) is 15.7. The lowest BCUT2D eigenvalue weighted by molar-refractivity contribution is -0.386. The average molecular weight is 850 g/mol. The topological polar surface area (TPSA) is 134 Å². The van der Waals surface area contributed by atoms with E-state index in [1.807, 2.05) is 188 Å². The third-order valence-corrected chi connectivity index (χ3v) is 12.1. The Morgan fingerprint density at radius 3 is 1.86 bits per heavy atom. The molecule has 3 aliphatic heterocycles. The zero-order chi connectivity index (χ0) is 44.1. The van der Waals surface area contributed by atoms with Crippen molar-refractivity contribution >= 4 is 45.6 Å². The number of benzene rings is 5. The van der Waals surface area contributed by atoms with Crippen LogP contribution in [-0.2, 0) is 15.1 Å². The van der Waals surface area contributed by atoms with Gasteiger partial charge in [0, 0.05) is 39.3 Å². The average Bonchev–Trinajstić information content (AvgIpc) is 4.19. The number of hydrogen-bond acceptors (Lipinski definition) is 7. The quantitative estimate of drug-likeness (QED) is 0.0896. The van der Waals surface area contributed by atoms with Gasteiger partial charge in [0.25, 0.3) is 0 Å². The number of anilines is 1. The van der Waals surface area contributed by atoms with Crippen molar-refractivity contribution in [3.8, 4) is 0 Å². The first-order valence-electron chi connectivity index (χ1n) is 21.3. The summed E-state index contributed by atoms with van der Waals surface area (Å²) >= 11 is 0. The number of aliphatic imine (C=N–C) groups is 1. The Bertz CT molecular complexity index is 3420. The number of carbonyl (C=O) groups excluding carboxylic acids is 1. The Morgan fingerprint density at radius 2 is 1.25 bits per heavy atom. The number of fused-ring (bicyclic) bond motifs is 7. The summed E-state index contributed by atoms with van der Waals surface area (Å²) in [5.41, 5.74) is 7.35. The maximum absolute atomic E-state index is 14.4. The first-order chi connectivity index (χ1) is 31.9. The number of para-hydroxylation sites is 1. The summed E-state index contributed by atoms with van der Waals surface area (Å²) in [6.07, 6.45) is 5.74. The normalized spacial score (nSPS) is 19.1. The maximum Gasteiger partial charge on any atom is 0.376 e. The largest absolute Gasteiger partial charge is 0.460 e. The highest BCUT2D eigenvalue weighted by molar-refractivity contribution is 6.37. The molecule has 2 N–H and O–H groups in total. The monoisotopic (exact) mass is 849 g/mol. The molecular weight excluding hydrogens is 811 g/mol. The van der Waals surface area contributed by atoms with Gasteiger partial charge in [-0.05, 0) is 77.7 Å². The number of hydrogen-bond donors (Lipinski definition) is 2. The molecule has 8 aromatic rings. The Morgan fingerprint density at radius 1 is 0.677 bits per heavy atom. The van der Waals surface area contributed by atoms with Gasteiger partial charge in [-0.25, -0.2) is 14.8 Å². The summed E-state index contributed by atoms with van der Waals surface area (Å²) < 4.78 is 7.28. The summed E-state index contributed by atoms with van der Waals surface area (Å²) in [7, 11) is 0. The second kappa shape index (κ2) is 15.8. The van der Waals surface area contributed by atoms with E-state index in [9.17, 15) is 14.9 Å². The summed E-state index contributed by atoms with van der Waals surface area (Å²) in [4.78, 5) is 41.4. The number of hydrazone groups is 1. The molecule has 0 radical (unpaired) electrons. The number of nitrogens with zero attached hydrogens (tertiary/aromatic N) is 5. The summed E-state index contributed by atoms with van der Waals surface area (Å²) in [6, 6.07) is 56.6. The molecule has 0 fully saturated rings. The SMILES string of the molecule is CCOC(=O)C1=NN(c2ccccc2)C2(c3ccccc3)c3ccc([nH]3)/C(c3ccccc3)=C3/C=CC(=N3)/C(c3ccccc3)=c3/cc/c([nH]3)=C(\c3ccccc3)c3cn1c2c3[N+](=O)[O-]. The molecule has 5 aromatic carbocycles. The molecule has 0 spiro atoms. The number of aromatic nitrogens is 3. The van der Waals surface area contributed by atoms with Crippen molar-refractivity contribution in [2.75, 3.05) is 11.6 Å². The van der Waals surface area contributed by atoms with Gasteiger partial charge in [0.2, 0.25) is 5.84 Å². The molecule has 1 unspecified atom stereocenters. The molecule has 1 atom stereocenters. The van der Waals surface area contributed by atoms with Crippen molar-refractivity contribution in [3.05, 3.63) is 266 Å². The fourth-order valence-electron chi connectivity index (χ4n) is 9.42. The van der Waals surface area contributed by atoms with Crippen LogP contribution >= 0.6 is 0 Å². The number of carbonyl (C=O) groups is 1. The lowest BCUT2D eigenvalue weighted by Crippen LogP contribution is -2.53. The van der Waals surface area contributed by atoms with Gasteiger partial charge >= 0.3 is 11.7 Å². The number of allylic oxidation sites excluding steroid dienone is 2. The molecule has 314 valence electrons. The van der Waals surface area contributed by atoms with Crippen LogP contribution in [0.15, 0.2) is 210 Å². The van der Waals surface area contributed by atoms with Gasteiger partial charge in [0.05, 0.1) is 39.9 Å². The van der Waals surface area contributed by atoms with Crippen LogP contribution in [0.1, 0.15) is 51.8 Å². The van der Waals surface area contributed by atoms with Crippen LogP contribution in [0.25, 0.3) is 16.7 Å².